The molecule has 1 N–H and O–H groups in total. The highest BCUT2D eigenvalue weighted by Crippen LogP contribution is 2.13. The van der Waals surface area contributed by atoms with Crippen molar-refractivity contribution in [1.82, 2.24) is 0 Å². The molecule has 57 heavy (non-hydrogen) atoms. The number of aliphatic carboxylic acids is 1. The van der Waals surface area contributed by atoms with Crippen LogP contribution in [0.4, 0.5) is 0 Å². The summed E-state index contributed by atoms with van der Waals surface area (Å²) in [5.41, 5.74) is 0. The Morgan fingerprint density at radius 1 is 0.544 bits per heavy atom. The number of rotatable bonds is 40. The second kappa shape index (κ2) is 39.8. The van der Waals surface area contributed by atoms with Crippen LogP contribution in [0, 0.1) is 0 Å². The molecule has 0 radical (unpaired) electrons. The molecule has 328 valence electrons. The number of carboxylic acids is 1. The Bertz CT molecular complexity index is 1120. The maximum atomic E-state index is 12.8. The van der Waals surface area contributed by atoms with Crippen LogP contribution < -0.4 is 0 Å². The number of carbonyl (C=O) groups excluding carboxylic acids is 2. The van der Waals surface area contributed by atoms with E-state index < -0.39 is 24.3 Å². The molecule has 0 aliphatic rings. The van der Waals surface area contributed by atoms with E-state index in [1.54, 1.807) is 0 Å². The van der Waals surface area contributed by atoms with Crippen LogP contribution in [0.15, 0.2) is 60.8 Å². The third kappa shape index (κ3) is 41.0. The number of likely N-dealkylation sites (N-methyl/N-ethyl adjacent to an activating group) is 1. The Morgan fingerprint density at radius 3 is 1.49 bits per heavy atom. The monoisotopic (exact) mass is 803 g/mol. The maximum absolute atomic E-state index is 12.8. The van der Waals surface area contributed by atoms with Crippen molar-refractivity contribution in [1.29, 1.82) is 0 Å². The molecule has 0 saturated carbocycles. The molecule has 0 fully saturated rings. The first kappa shape index (κ1) is 54.0. The summed E-state index contributed by atoms with van der Waals surface area (Å²) in [5.74, 6) is -2.05. The van der Waals surface area contributed by atoms with Gasteiger partial charge in [-0.1, -0.05) is 139 Å². The van der Waals surface area contributed by atoms with Gasteiger partial charge in [0, 0.05) is 12.8 Å². The van der Waals surface area contributed by atoms with E-state index in [0.29, 0.717) is 17.4 Å². The molecule has 0 amide bonds. The summed E-state index contributed by atoms with van der Waals surface area (Å²) in [6.07, 6.45) is 44.1. The SMILES string of the molecule is CC/C=C\C/C=C\C/C=C\CCCCCCCCCC(=O)OC(COC(=O)CCCCCCC/C=C\C/C=C\CCCCC)COC(OCC[N+](C)(C)C)C(=O)O. The number of hydrogen-bond donors (Lipinski definition) is 1. The number of allylic oxidation sites excluding steroid dienone is 10. The van der Waals surface area contributed by atoms with Gasteiger partial charge in [-0.05, 0) is 77.0 Å². The number of nitrogens with zero attached hydrogens (tertiary/aromatic N) is 1. The van der Waals surface area contributed by atoms with Crippen molar-refractivity contribution < 1.29 is 42.9 Å². The Kier molecular flexibility index (Phi) is 37.7. The molecule has 0 bridgehead atoms. The number of quaternary nitrogens is 1. The van der Waals surface area contributed by atoms with Crippen LogP contribution in [-0.2, 0) is 33.3 Å². The van der Waals surface area contributed by atoms with Crippen LogP contribution in [0.1, 0.15) is 168 Å². The molecule has 0 saturated heterocycles. The average molecular weight is 803 g/mol. The summed E-state index contributed by atoms with van der Waals surface area (Å²) in [5, 5.41) is 9.63. The van der Waals surface area contributed by atoms with Crippen molar-refractivity contribution in [3.8, 4) is 0 Å². The lowest BCUT2D eigenvalue weighted by molar-refractivity contribution is -0.870. The summed E-state index contributed by atoms with van der Waals surface area (Å²) in [7, 11) is 5.94. The zero-order valence-electron chi connectivity index (χ0n) is 37.0. The number of hydrogen-bond acceptors (Lipinski definition) is 7. The Morgan fingerprint density at radius 2 is 1.00 bits per heavy atom. The molecule has 0 rings (SSSR count). The van der Waals surface area contributed by atoms with Gasteiger partial charge in [-0.2, -0.15) is 0 Å². The van der Waals surface area contributed by atoms with Gasteiger partial charge >= 0.3 is 17.9 Å². The third-order valence-electron chi connectivity index (χ3n) is 9.26. The second-order valence-corrected chi connectivity index (χ2v) is 16.0. The minimum atomic E-state index is -1.52. The van der Waals surface area contributed by atoms with E-state index in [9.17, 15) is 19.5 Å². The van der Waals surface area contributed by atoms with Crippen molar-refractivity contribution in [2.24, 2.45) is 0 Å². The van der Waals surface area contributed by atoms with Gasteiger partial charge in [-0.15, -0.1) is 0 Å². The number of unbranched alkanes of at least 4 members (excludes halogenated alkanes) is 15. The van der Waals surface area contributed by atoms with Gasteiger partial charge in [0.1, 0.15) is 13.2 Å². The summed E-state index contributed by atoms with van der Waals surface area (Å²) >= 11 is 0. The highest BCUT2D eigenvalue weighted by molar-refractivity contribution is 5.71. The molecule has 2 atom stereocenters. The van der Waals surface area contributed by atoms with Gasteiger partial charge in [0.25, 0.3) is 6.29 Å². The van der Waals surface area contributed by atoms with Gasteiger partial charge in [0.15, 0.2) is 6.10 Å². The number of ether oxygens (including phenoxy) is 4. The quantitative estimate of drug-likeness (QED) is 0.0214. The highest BCUT2D eigenvalue weighted by atomic mass is 16.7. The Balaban J connectivity index is 4.49. The third-order valence-corrected chi connectivity index (χ3v) is 9.26. The van der Waals surface area contributed by atoms with Crippen molar-refractivity contribution in [2.75, 3.05) is 47.5 Å². The van der Waals surface area contributed by atoms with Crippen LogP contribution in [-0.4, -0.2) is 87.4 Å². The van der Waals surface area contributed by atoms with Crippen molar-refractivity contribution in [3.05, 3.63) is 60.8 Å². The van der Waals surface area contributed by atoms with Crippen LogP contribution in [0.5, 0.6) is 0 Å². The second-order valence-electron chi connectivity index (χ2n) is 16.0. The van der Waals surface area contributed by atoms with Crippen LogP contribution in [0.25, 0.3) is 0 Å². The molecule has 0 aliphatic heterocycles. The number of carboxylic acid groups (broad SMARTS) is 1. The molecule has 0 aromatic rings. The van der Waals surface area contributed by atoms with Crippen molar-refractivity contribution >= 4 is 17.9 Å². The smallest absolute Gasteiger partial charge is 0.361 e. The molecule has 0 aromatic carbocycles. The largest absolute Gasteiger partial charge is 0.477 e. The van der Waals surface area contributed by atoms with E-state index >= 15 is 0 Å². The van der Waals surface area contributed by atoms with Crippen LogP contribution >= 0.6 is 0 Å². The minimum absolute atomic E-state index is 0.181. The Hall–Kier alpha value is -3.01. The molecular formula is C48H84NO8+. The summed E-state index contributed by atoms with van der Waals surface area (Å²) < 4.78 is 22.7. The fourth-order valence-corrected chi connectivity index (χ4v) is 5.76. The lowest BCUT2D eigenvalue weighted by Crippen LogP contribution is -2.40. The zero-order valence-corrected chi connectivity index (χ0v) is 37.0. The van der Waals surface area contributed by atoms with E-state index in [2.05, 4.69) is 74.6 Å². The van der Waals surface area contributed by atoms with E-state index in [0.717, 1.165) is 89.9 Å². The molecular weight excluding hydrogens is 719 g/mol. The van der Waals surface area contributed by atoms with Crippen LogP contribution in [0.3, 0.4) is 0 Å². The topological polar surface area (TPSA) is 108 Å². The molecule has 0 heterocycles. The molecule has 9 heteroatoms. The van der Waals surface area contributed by atoms with Crippen molar-refractivity contribution in [2.45, 2.75) is 180 Å². The summed E-state index contributed by atoms with van der Waals surface area (Å²) in [6, 6.07) is 0. The summed E-state index contributed by atoms with van der Waals surface area (Å²) in [4.78, 5) is 37.1. The molecule has 2 unspecified atom stereocenters. The van der Waals surface area contributed by atoms with E-state index in [1.807, 2.05) is 21.1 Å². The first-order chi connectivity index (χ1) is 27.6. The molecule has 0 aliphatic carbocycles. The summed E-state index contributed by atoms with van der Waals surface area (Å²) in [6.45, 7) is 4.69. The number of carbonyl (C=O) groups is 3. The zero-order chi connectivity index (χ0) is 42.1. The van der Waals surface area contributed by atoms with E-state index in [1.165, 1.54) is 44.9 Å². The highest BCUT2D eigenvalue weighted by Gasteiger charge is 2.25. The van der Waals surface area contributed by atoms with Gasteiger partial charge in [-0.25, -0.2) is 4.79 Å². The van der Waals surface area contributed by atoms with Gasteiger partial charge < -0.3 is 28.5 Å². The lowest BCUT2D eigenvalue weighted by atomic mass is 10.1. The van der Waals surface area contributed by atoms with E-state index in [-0.39, 0.29) is 38.6 Å². The van der Waals surface area contributed by atoms with E-state index in [4.69, 9.17) is 18.9 Å². The lowest BCUT2D eigenvalue weighted by Gasteiger charge is -2.25. The first-order valence-corrected chi connectivity index (χ1v) is 22.5. The molecule has 0 spiro atoms. The normalized spacial score (nSPS) is 13.5. The maximum Gasteiger partial charge on any atom is 0.361 e. The average Bonchev–Trinajstić information content (AvgIpc) is 3.17. The fourth-order valence-electron chi connectivity index (χ4n) is 5.76. The first-order valence-electron chi connectivity index (χ1n) is 22.5. The van der Waals surface area contributed by atoms with Crippen molar-refractivity contribution in [3.63, 3.8) is 0 Å². The molecule has 9 nitrogen and oxygen atoms in total. The minimum Gasteiger partial charge on any atom is -0.477 e. The molecule has 0 aromatic heterocycles. The van der Waals surface area contributed by atoms with Gasteiger partial charge in [0.05, 0.1) is 34.4 Å². The van der Waals surface area contributed by atoms with Gasteiger partial charge in [-0.3, -0.25) is 9.59 Å². The number of esters is 2. The predicted molar refractivity (Wildman–Crippen MR) is 235 cm³/mol. The predicted octanol–water partition coefficient (Wildman–Crippen LogP) is 11.8. The van der Waals surface area contributed by atoms with Crippen LogP contribution in [0.2, 0.25) is 0 Å². The van der Waals surface area contributed by atoms with Gasteiger partial charge in [0.2, 0.25) is 0 Å². The standard InChI is InChI=1S/C48H83NO8/c1-6-8-10-12-14-16-18-20-22-23-25-27-29-31-33-35-37-39-46(51)57-44(43-56-48(47(52)53)54-41-40-49(3,4)5)42-55-45(50)38-36-34-32-30-28-26-24-21-19-17-15-13-11-9-7-2/h8,10,14-17,20-22,24,44,48H,6-7,9,11-13,18-19,23,25-43H2,1-5H3/p+1/b10-8-,16-14-,17-15-,22-20-,24-21-. The fraction of sp³-hybridized carbons (Fsp3) is 0.729. The Labute approximate surface area is 348 Å².